The fourth-order valence-electron chi connectivity index (χ4n) is 3.73. The van der Waals surface area contributed by atoms with Crippen molar-refractivity contribution in [2.24, 2.45) is 0 Å². The minimum Gasteiger partial charge on any atom is -0.486 e. The molecule has 1 N–H and O–H groups in total. The summed E-state index contributed by atoms with van der Waals surface area (Å²) >= 11 is 0. The summed E-state index contributed by atoms with van der Waals surface area (Å²) in [6.45, 7) is 5.11. The van der Waals surface area contributed by atoms with Crippen LogP contribution in [-0.2, 0) is 16.6 Å². The van der Waals surface area contributed by atoms with E-state index in [9.17, 15) is 13.2 Å². The Hall–Kier alpha value is -3.52. The minimum atomic E-state index is -3.51. The molecule has 34 heavy (non-hydrogen) atoms. The predicted molar refractivity (Wildman–Crippen MR) is 132 cm³/mol. The van der Waals surface area contributed by atoms with Crippen LogP contribution in [0.1, 0.15) is 40.0 Å². The van der Waals surface area contributed by atoms with Crippen LogP contribution in [0, 0.1) is 6.92 Å². The minimum absolute atomic E-state index is 0.214. The van der Waals surface area contributed by atoms with Gasteiger partial charge in [0.15, 0.2) is 11.5 Å². The van der Waals surface area contributed by atoms with E-state index in [1.165, 1.54) is 10.6 Å². The Labute approximate surface area is 200 Å². The molecule has 0 radical (unpaired) electrons. The smallest absolute Gasteiger partial charge is 0.251 e. The lowest BCUT2D eigenvalue weighted by atomic mass is 10.1. The molecular formula is C26H28N2O5S. The first-order valence-electron chi connectivity index (χ1n) is 11.0. The molecule has 1 atom stereocenters. The normalized spacial score (nSPS) is 13.7. The Kier molecular flexibility index (Phi) is 6.79. The molecule has 178 valence electrons. The number of amides is 1. The zero-order valence-corrected chi connectivity index (χ0v) is 20.3. The average molecular weight is 481 g/mol. The first kappa shape index (κ1) is 23.6. The third kappa shape index (κ3) is 5.51. The van der Waals surface area contributed by atoms with Gasteiger partial charge >= 0.3 is 0 Å². The zero-order valence-electron chi connectivity index (χ0n) is 19.4. The SMILES string of the molecule is Cc1ccc(CN(c2ccc(C(=O)N[C@H](C)c3ccc4c(c3)OCCO4)cc2)S(C)(=O)=O)cc1. The van der Waals surface area contributed by atoms with Gasteiger partial charge in [-0.05, 0) is 61.4 Å². The maximum absolute atomic E-state index is 12.8. The van der Waals surface area contributed by atoms with E-state index in [0.717, 1.165) is 16.7 Å². The Bertz CT molecular complexity index is 1270. The molecular weight excluding hydrogens is 452 g/mol. The van der Waals surface area contributed by atoms with Crippen LogP contribution in [0.15, 0.2) is 66.7 Å². The van der Waals surface area contributed by atoms with Crippen molar-refractivity contribution in [1.29, 1.82) is 0 Å². The largest absolute Gasteiger partial charge is 0.486 e. The Morgan fingerprint density at radius 2 is 1.62 bits per heavy atom. The van der Waals surface area contributed by atoms with Crippen molar-refractivity contribution in [2.75, 3.05) is 23.8 Å². The van der Waals surface area contributed by atoms with Crippen LogP contribution < -0.4 is 19.1 Å². The number of hydrogen-bond donors (Lipinski definition) is 1. The highest BCUT2D eigenvalue weighted by atomic mass is 32.2. The van der Waals surface area contributed by atoms with E-state index in [4.69, 9.17) is 9.47 Å². The van der Waals surface area contributed by atoms with Crippen molar-refractivity contribution in [3.05, 3.63) is 89.0 Å². The van der Waals surface area contributed by atoms with Crippen LogP contribution in [0.5, 0.6) is 11.5 Å². The quantitative estimate of drug-likeness (QED) is 0.547. The van der Waals surface area contributed by atoms with Gasteiger partial charge in [0, 0.05) is 5.56 Å². The second-order valence-corrected chi connectivity index (χ2v) is 10.3. The molecule has 0 fully saturated rings. The van der Waals surface area contributed by atoms with Gasteiger partial charge in [-0.25, -0.2) is 8.42 Å². The fourth-order valence-corrected chi connectivity index (χ4v) is 4.62. The van der Waals surface area contributed by atoms with Crippen LogP contribution in [0.2, 0.25) is 0 Å². The maximum atomic E-state index is 12.8. The van der Waals surface area contributed by atoms with Gasteiger partial charge < -0.3 is 14.8 Å². The molecule has 0 bridgehead atoms. The Morgan fingerprint density at radius 3 is 2.26 bits per heavy atom. The number of benzene rings is 3. The highest BCUT2D eigenvalue weighted by molar-refractivity contribution is 7.92. The molecule has 1 heterocycles. The first-order chi connectivity index (χ1) is 16.2. The molecule has 4 rings (SSSR count). The Morgan fingerprint density at radius 1 is 0.971 bits per heavy atom. The standard InChI is InChI=1S/C26H28N2O5S/c1-18-4-6-20(7-5-18)17-28(34(3,30)31)23-11-8-21(9-12-23)26(29)27-19(2)22-10-13-24-25(16-22)33-15-14-32-24/h4-13,16,19H,14-15,17H2,1-3H3,(H,27,29)/t19-/m1/s1. The maximum Gasteiger partial charge on any atom is 0.251 e. The van der Waals surface area contributed by atoms with Crippen molar-refractivity contribution in [2.45, 2.75) is 26.4 Å². The fraction of sp³-hybridized carbons (Fsp3) is 0.269. The van der Waals surface area contributed by atoms with Crippen LogP contribution >= 0.6 is 0 Å². The van der Waals surface area contributed by atoms with Crippen molar-refractivity contribution in [1.82, 2.24) is 5.32 Å². The lowest BCUT2D eigenvalue weighted by Crippen LogP contribution is -2.29. The van der Waals surface area contributed by atoms with Crippen LogP contribution in [0.3, 0.4) is 0 Å². The van der Waals surface area contributed by atoms with Gasteiger partial charge in [0.2, 0.25) is 10.0 Å². The van der Waals surface area contributed by atoms with Crippen molar-refractivity contribution >= 4 is 21.6 Å². The van der Waals surface area contributed by atoms with E-state index in [0.29, 0.717) is 36.0 Å². The summed E-state index contributed by atoms with van der Waals surface area (Å²) in [6, 6.07) is 19.7. The van der Waals surface area contributed by atoms with Crippen molar-refractivity contribution < 1.29 is 22.7 Å². The number of nitrogens with zero attached hydrogens (tertiary/aromatic N) is 1. The summed E-state index contributed by atoms with van der Waals surface area (Å²) < 4.78 is 37.4. The predicted octanol–water partition coefficient (Wildman–Crippen LogP) is 4.22. The Balaban J connectivity index is 1.47. The number of nitrogens with one attached hydrogen (secondary N) is 1. The first-order valence-corrected chi connectivity index (χ1v) is 12.9. The number of aryl methyl sites for hydroxylation is 1. The van der Waals surface area contributed by atoms with E-state index in [1.54, 1.807) is 24.3 Å². The lowest BCUT2D eigenvalue weighted by molar-refractivity contribution is 0.0939. The molecule has 1 aliphatic heterocycles. The number of hydrogen-bond acceptors (Lipinski definition) is 5. The van der Waals surface area contributed by atoms with Gasteiger partial charge in [-0.2, -0.15) is 0 Å². The molecule has 0 aromatic heterocycles. The van der Waals surface area contributed by atoms with Crippen molar-refractivity contribution in [3.63, 3.8) is 0 Å². The summed E-state index contributed by atoms with van der Waals surface area (Å²) in [4.78, 5) is 12.8. The highest BCUT2D eigenvalue weighted by Crippen LogP contribution is 2.32. The second-order valence-electron chi connectivity index (χ2n) is 8.40. The van der Waals surface area contributed by atoms with Gasteiger partial charge in [0.25, 0.3) is 5.91 Å². The second kappa shape index (κ2) is 9.77. The molecule has 0 spiro atoms. The van der Waals surface area contributed by atoms with Gasteiger partial charge in [-0.3, -0.25) is 9.10 Å². The topological polar surface area (TPSA) is 84.9 Å². The van der Waals surface area contributed by atoms with Crippen LogP contribution in [0.25, 0.3) is 0 Å². The highest BCUT2D eigenvalue weighted by Gasteiger charge is 2.20. The summed E-state index contributed by atoms with van der Waals surface area (Å²) in [5, 5.41) is 2.98. The molecule has 1 amide bonds. The summed E-state index contributed by atoms with van der Waals surface area (Å²) in [6.07, 6.45) is 1.18. The van der Waals surface area contributed by atoms with E-state index < -0.39 is 10.0 Å². The third-order valence-electron chi connectivity index (χ3n) is 5.68. The van der Waals surface area contributed by atoms with Crippen molar-refractivity contribution in [3.8, 4) is 11.5 Å². The van der Waals surface area contributed by atoms with Crippen LogP contribution in [0.4, 0.5) is 5.69 Å². The molecule has 3 aromatic carbocycles. The van der Waals surface area contributed by atoms with Gasteiger partial charge in [0.05, 0.1) is 24.5 Å². The molecule has 0 aliphatic carbocycles. The number of ether oxygens (including phenoxy) is 2. The van der Waals surface area contributed by atoms with Gasteiger partial charge in [-0.15, -0.1) is 0 Å². The third-order valence-corrected chi connectivity index (χ3v) is 6.82. The number of anilines is 1. The van der Waals surface area contributed by atoms with E-state index in [1.807, 2.05) is 56.3 Å². The molecule has 8 heteroatoms. The molecule has 0 saturated heterocycles. The van der Waals surface area contributed by atoms with Gasteiger partial charge in [-0.1, -0.05) is 35.9 Å². The number of fused-ring (bicyclic) bond motifs is 1. The number of carbonyl (C=O) groups is 1. The lowest BCUT2D eigenvalue weighted by Gasteiger charge is -2.23. The molecule has 0 unspecified atom stereocenters. The van der Waals surface area contributed by atoms with E-state index >= 15 is 0 Å². The zero-order chi connectivity index (χ0) is 24.3. The molecule has 0 saturated carbocycles. The average Bonchev–Trinajstić information content (AvgIpc) is 2.82. The molecule has 7 nitrogen and oxygen atoms in total. The summed E-state index contributed by atoms with van der Waals surface area (Å²) in [5.41, 5.74) is 3.83. The molecule has 3 aromatic rings. The number of rotatable bonds is 7. The molecule has 1 aliphatic rings. The van der Waals surface area contributed by atoms with Crippen LogP contribution in [-0.4, -0.2) is 33.8 Å². The number of carbonyl (C=O) groups excluding carboxylic acids is 1. The van der Waals surface area contributed by atoms with E-state index in [-0.39, 0.29) is 18.5 Å². The summed E-state index contributed by atoms with van der Waals surface area (Å²) in [7, 11) is -3.51. The van der Waals surface area contributed by atoms with Gasteiger partial charge in [0.1, 0.15) is 13.2 Å². The van der Waals surface area contributed by atoms with E-state index in [2.05, 4.69) is 5.32 Å². The summed E-state index contributed by atoms with van der Waals surface area (Å²) in [5.74, 6) is 1.12. The monoisotopic (exact) mass is 480 g/mol. The number of sulfonamides is 1.